The maximum Gasteiger partial charge on any atom is 0.262 e. The lowest BCUT2D eigenvalue weighted by atomic mass is 10.2. The Balaban J connectivity index is 1.78. The highest BCUT2D eigenvalue weighted by atomic mass is 35.5. The van der Waals surface area contributed by atoms with E-state index in [-0.39, 0.29) is 12.5 Å². The first kappa shape index (κ1) is 14.0. The molecule has 0 unspecified atom stereocenters. The van der Waals surface area contributed by atoms with Gasteiger partial charge in [0.05, 0.1) is 16.4 Å². The van der Waals surface area contributed by atoms with Crippen molar-refractivity contribution in [3.63, 3.8) is 0 Å². The van der Waals surface area contributed by atoms with Crippen LogP contribution in [0.2, 0.25) is 10.0 Å². The van der Waals surface area contributed by atoms with Gasteiger partial charge in [0, 0.05) is 17.6 Å². The average molecular weight is 323 g/mol. The highest BCUT2D eigenvalue weighted by Gasteiger charge is 2.18. The molecule has 4 nitrogen and oxygen atoms in total. The van der Waals surface area contributed by atoms with Crippen molar-refractivity contribution in [1.82, 2.24) is 0 Å². The molecule has 0 atom stereocenters. The number of hydrogen-bond donors (Lipinski definition) is 2. The van der Waals surface area contributed by atoms with Gasteiger partial charge in [-0.2, -0.15) is 0 Å². The van der Waals surface area contributed by atoms with E-state index in [0.29, 0.717) is 28.0 Å². The summed E-state index contributed by atoms with van der Waals surface area (Å²) in [5.74, 6) is 0.422. The summed E-state index contributed by atoms with van der Waals surface area (Å²) < 4.78 is 5.37. The summed E-state index contributed by atoms with van der Waals surface area (Å²) in [5.41, 5.74) is 2.38. The Morgan fingerprint density at radius 3 is 2.90 bits per heavy atom. The Morgan fingerprint density at radius 2 is 2.10 bits per heavy atom. The molecule has 21 heavy (non-hydrogen) atoms. The van der Waals surface area contributed by atoms with E-state index in [1.165, 1.54) is 0 Å². The van der Waals surface area contributed by atoms with E-state index < -0.39 is 0 Å². The summed E-state index contributed by atoms with van der Waals surface area (Å²) in [6, 6.07) is 11.0. The van der Waals surface area contributed by atoms with Crippen molar-refractivity contribution in [2.45, 2.75) is 6.54 Å². The van der Waals surface area contributed by atoms with Gasteiger partial charge in [0.2, 0.25) is 0 Å². The lowest BCUT2D eigenvalue weighted by Crippen LogP contribution is -2.25. The molecule has 1 amide bonds. The fraction of sp³-hybridized carbons (Fsp3) is 0.133. The van der Waals surface area contributed by atoms with Crippen molar-refractivity contribution in [1.29, 1.82) is 0 Å². The number of benzene rings is 2. The molecular weight excluding hydrogens is 311 g/mol. The predicted molar refractivity (Wildman–Crippen MR) is 84.4 cm³/mol. The number of fused-ring (bicyclic) bond motifs is 1. The van der Waals surface area contributed by atoms with Gasteiger partial charge in [-0.15, -0.1) is 0 Å². The molecule has 1 aliphatic rings. The fourth-order valence-electron chi connectivity index (χ4n) is 2.08. The summed E-state index contributed by atoms with van der Waals surface area (Å²) in [4.78, 5) is 11.3. The zero-order valence-electron chi connectivity index (χ0n) is 11.0. The molecule has 108 valence electrons. The molecule has 1 heterocycles. The molecule has 0 aromatic heterocycles. The third-order valence-corrected chi connectivity index (χ3v) is 3.62. The minimum atomic E-state index is -0.182. The number of anilines is 2. The zero-order valence-corrected chi connectivity index (χ0v) is 12.5. The number of rotatable bonds is 3. The molecule has 0 spiro atoms. The minimum Gasteiger partial charge on any atom is -0.482 e. The van der Waals surface area contributed by atoms with E-state index in [1.54, 1.807) is 12.1 Å². The number of amides is 1. The third kappa shape index (κ3) is 3.23. The Bertz CT molecular complexity index is 704. The topological polar surface area (TPSA) is 50.4 Å². The molecule has 2 aromatic rings. The van der Waals surface area contributed by atoms with Crippen LogP contribution in [0.3, 0.4) is 0 Å². The van der Waals surface area contributed by atoms with E-state index in [0.717, 1.165) is 11.3 Å². The Morgan fingerprint density at radius 1 is 1.24 bits per heavy atom. The first-order valence-corrected chi connectivity index (χ1v) is 7.12. The summed E-state index contributed by atoms with van der Waals surface area (Å²) in [6.07, 6.45) is 0. The number of ether oxygens (including phenoxy) is 1. The van der Waals surface area contributed by atoms with Crippen LogP contribution in [-0.4, -0.2) is 12.5 Å². The molecule has 0 bridgehead atoms. The lowest BCUT2D eigenvalue weighted by molar-refractivity contribution is -0.118. The second kappa shape index (κ2) is 5.84. The second-order valence-electron chi connectivity index (χ2n) is 4.65. The predicted octanol–water partition coefficient (Wildman–Crippen LogP) is 3.94. The summed E-state index contributed by atoms with van der Waals surface area (Å²) in [6.45, 7) is 0.605. The van der Waals surface area contributed by atoms with Gasteiger partial charge in [-0.3, -0.25) is 4.79 Å². The standard InChI is InChI=1S/C15H12Cl2N2O2/c16-10-3-1-2-9(4-10)7-18-12-6-14-13(5-11(12)17)19-15(20)8-21-14/h1-6,18H,7-8H2,(H,19,20). The Kier molecular flexibility index (Phi) is 3.90. The van der Waals surface area contributed by atoms with Crippen LogP contribution < -0.4 is 15.4 Å². The van der Waals surface area contributed by atoms with Crippen molar-refractivity contribution in [3.05, 3.63) is 52.0 Å². The van der Waals surface area contributed by atoms with Crippen LogP contribution in [0.4, 0.5) is 11.4 Å². The van der Waals surface area contributed by atoms with E-state index in [9.17, 15) is 4.79 Å². The number of nitrogens with one attached hydrogen (secondary N) is 2. The SMILES string of the molecule is O=C1COc2cc(NCc3cccc(Cl)c3)c(Cl)cc2N1. The van der Waals surface area contributed by atoms with Crippen LogP contribution in [0, 0.1) is 0 Å². The van der Waals surface area contributed by atoms with Crippen LogP contribution in [0.5, 0.6) is 5.75 Å². The average Bonchev–Trinajstić information content (AvgIpc) is 2.45. The van der Waals surface area contributed by atoms with Crippen LogP contribution in [-0.2, 0) is 11.3 Å². The van der Waals surface area contributed by atoms with E-state index in [2.05, 4.69) is 10.6 Å². The maximum atomic E-state index is 11.3. The normalized spacial score (nSPS) is 13.1. The molecule has 0 radical (unpaired) electrons. The quantitative estimate of drug-likeness (QED) is 0.900. The van der Waals surface area contributed by atoms with Crippen molar-refractivity contribution >= 4 is 40.5 Å². The third-order valence-electron chi connectivity index (χ3n) is 3.07. The number of halogens is 2. The van der Waals surface area contributed by atoms with Gasteiger partial charge < -0.3 is 15.4 Å². The molecule has 3 rings (SSSR count). The van der Waals surface area contributed by atoms with Gasteiger partial charge >= 0.3 is 0 Å². The summed E-state index contributed by atoms with van der Waals surface area (Å²) >= 11 is 12.2. The van der Waals surface area contributed by atoms with Gasteiger partial charge in [0.15, 0.2) is 6.61 Å². The maximum absolute atomic E-state index is 11.3. The second-order valence-corrected chi connectivity index (χ2v) is 5.49. The minimum absolute atomic E-state index is 0.0162. The van der Waals surface area contributed by atoms with E-state index >= 15 is 0 Å². The van der Waals surface area contributed by atoms with Crippen LogP contribution >= 0.6 is 23.2 Å². The van der Waals surface area contributed by atoms with Crippen molar-refractivity contribution in [2.75, 3.05) is 17.2 Å². The number of carbonyl (C=O) groups is 1. The summed E-state index contributed by atoms with van der Waals surface area (Å²) in [5, 5.41) is 7.16. The first-order valence-electron chi connectivity index (χ1n) is 6.36. The molecule has 6 heteroatoms. The van der Waals surface area contributed by atoms with Gasteiger partial charge in [-0.05, 0) is 23.8 Å². The highest BCUT2D eigenvalue weighted by molar-refractivity contribution is 6.33. The molecule has 0 fully saturated rings. The molecule has 0 saturated heterocycles. The lowest BCUT2D eigenvalue weighted by Gasteiger charge is -2.20. The number of carbonyl (C=O) groups excluding carboxylic acids is 1. The molecule has 1 aliphatic heterocycles. The molecule has 2 N–H and O–H groups in total. The smallest absolute Gasteiger partial charge is 0.262 e. The first-order chi connectivity index (χ1) is 10.1. The highest BCUT2D eigenvalue weighted by Crippen LogP contribution is 2.36. The van der Waals surface area contributed by atoms with Gasteiger partial charge in [-0.1, -0.05) is 35.3 Å². The van der Waals surface area contributed by atoms with Crippen LogP contribution in [0.1, 0.15) is 5.56 Å². The largest absolute Gasteiger partial charge is 0.482 e. The monoisotopic (exact) mass is 322 g/mol. The van der Waals surface area contributed by atoms with Gasteiger partial charge in [0.1, 0.15) is 5.75 Å². The Labute approximate surface area is 132 Å². The van der Waals surface area contributed by atoms with Crippen LogP contribution in [0.25, 0.3) is 0 Å². The van der Waals surface area contributed by atoms with Crippen molar-refractivity contribution in [3.8, 4) is 5.75 Å². The van der Waals surface area contributed by atoms with E-state index in [4.69, 9.17) is 27.9 Å². The number of hydrogen-bond acceptors (Lipinski definition) is 3. The molecule has 0 aliphatic carbocycles. The molecule has 2 aromatic carbocycles. The van der Waals surface area contributed by atoms with Crippen molar-refractivity contribution in [2.24, 2.45) is 0 Å². The van der Waals surface area contributed by atoms with Gasteiger partial charge in [0.25, 0.3) is 5.91 Å². The van der Waals surface area contributed by atoms with E-state index in [1.807, 2.05) is 24.3 Å². The molecular formula is C15H12Cl2N2O2. The Hall–Kier alpha value is -1.91. The fourth-order valence-corrected chi connectivity index (χ4v) is 2.52. The summed E-state index contributed by atoms with van der Waals surface area (Å²) in [7, 11) is 0. The van der Waals surface area contributed by atoms with Crippen LogP contribution in [0.15, 0.2) is 36.4 Å². The van der Waals surface area contributed by atoms with Crippen molar-refractivity contribution < 1.29 is 9.53 Å². The zero-order chi connectivity index (χ0) is 14.8. The van der Waals surface area contributed by atoms with Gasteiger partial charge in [-0.25, -0.2) is 0 Å². The molecule has 0 saturated carbocycles.